The Balaban J connectivity index is 0.00000243. The van der Waals surface area contributed by atoms with Crippen molar-refractivity contribution in [2.24, 2.45) is 0 Å². The monoisotopic (exact) mass is 377 g/mol. The highest BCUT2D eigenvalue weighted by atomic mass is 32.2. The van der Waals surface area contributed by atoms with Crippen molar-refractivity contribution in [2.75, 3.05) is 20.3 Å². The molecule has 26 heavy (non-hydrogen) atoms. The van der Waals surface area contributed by atoms with E-state index in [9.17, 15) is 4.21 Å². The number of ether oxygens (including phenoxy) is 2. The van der Waals surface area contributed by atoms with Gasteiger partial charge in [0, 0.05) is 31.9 Å². The number of hydrogen-bond donors (Lipinski definition) is 1. The molecule has 0 spiro atoms. The molecule has 1 atom stereocenters. The van der Waals surface area contributed by atoms with Gasteiger partial charge in [-0.1, -0.05) is 12.1 Å². The maximum atomic E-state index is 12.7. The molecule has 0 aliphatic carbocycles. The van der Waals surface area contributed by atoms with E-state index in [0.717, 1.165) is 34.5 Å². The molecule has 3 N–H and O–H groups in total. The highest BCUT2D eigenvalue weighted by Crippen LogP contribution is 2.22. The highest BCUT2D eigenvalue weighted by molar-refractivity contribution is 7.84. The van der Waals surface area contributed by atoms with Crippen LogP contribution in [0.25, 0.3) is 11.0 Å². The van der Waals surface area contributed by atoms with Crippen molar-refractivity contribution in [1.29, 1.82) is 0 Å². The minimum atomic E-state index is -1.30. The second kappa shape index (κ2) is 9.42. The number of nitrogens with one attached hydrogen (secondary N) is 1. The largest absolute Gasteiger partial charge is 0.493 e. The summed E-state index contributed by atoms with van der Waals surface area (Å²) >= 11 is 0. The van der Waals surface area contributed by atoms with Gasteiger partial charge in [0.25, 0.3) is 0 Å². The van der Waals surface area contributed by atoms with Gasteiger partial charge in [-0.05, 0) is 25.1 Å². The van der Waals surface area contributed by atoms with E-state index in [0.29, 0.717) is 24.1 Å². The molecule has 0 saturated carbocycles. The molecule has 2 aromatic heterocycles. The lowest BCUT2D eigenvalue weighted by Crippen LogP contribution is -2.06. The normalized spacial score (nSPS) is 11.9. The zero-order valence-corrected chi connectivity index (χ0v) is 15.6. The number of imidazole rings is 1. The number of benzene rings is 1. The Morgan fingerprint density at radius 2 is 2.00 bits per heavy atom. The van der Waals surface area contributed by atoms with Gasteiger partial charge in [-0.15, -0.1) is 0 Å². The first kappa shape index (κ1) is 20.0. The molecule has 2 heterocycles. The third-order valence-electron chi connectivity index (χ3n) is 3.86. The van der Waals surface area contributed by atoms with Crippen molar-refractivity contribution >= 4 is 21.8 Å². The third-order valence-corrected chi connectivity index (χ3v) is 5.02. The smallest absolute Gasteiger partial charge is 0.197 e. The summed E-state index contributed by atoms with van der Waals surface area (Å²) in [6.45, 7) is 3.17. The number of pyridine rings is 1. The van der Waals surface area contributed by atoms with Crippen molar-refractivity contribution in [3.05, 3.63) is 47.8 Å². The van der Waals surface area contributed by atoms with E-state index in [1.807, 2.05) is 37.3 Å². The van der Waals surface area contributed by atoms with Crippen LogP contribution in [-0.4, -0.2) is 45.0 Å². The van der Waals surface area contributed by atoms with Crippen LogP contribution in [0, 0.1) is 6.92 Å². The van der Waals surface area contributed by atoms with Gasteiger partial charge in [-0.3, -0.25) is 9.19 Å². The standard InChI is InChI=1S/C18H21N3O3S.H2O/c1-13-16(19-9-8-17(13)24-11-5-10-23-2)12-25(22)18-20-14-6-3-4-7-15(14)21-18;/h3-4,6-9H,5,10-12H2,1-2H3,(H,20,21);1H2/t25-;/m1./s1. The first-order valence-electron chi connectivity index (χ1n) is 8.08. The molecule has 0 saturated heterocycles. The van der Waals surface area contributed by atoms with E-state index < -0.39 is 10.8 Å². The van der Waals surface area contributed by atoms with Crippen LogP contribution in [0.1, 0.15) is 17.7 Å². The van der Waals surface area contributed by atoms with Gasteiger partial charge in [-0.2, -0.15) is 0 Å². The Bertz CT molecular complexity index is 849. The summed E-state index contributed by atoms with van der Waals surface area (Å²) in [7, 11) is 0.371. The lowest BCUT2D eigenvalue weighted by atomic mass is 10.2. The second-order valence-corrected chi connectivity index (χ2v) is 6.99. The molecule has 3 aromatic rings. The molecule has 0 amide bonds. The molecule has 0 unspecified atom stereocenters. The lowest BCUT2D eigenvalue weighted by Gasteiger charge is -2.11. The molecule has 0 aliphatic heterocycles. The van der Waals surface area contributed by atoms with E-state index in [2.05, 4.69) is 15.0 Å². The van der Waals surface area contributed by atoms with Crippen LogP contribution in [0.5, 0.6) is 5.75 Å². The fraction of sp³-hybridized carbons (Fsp3) is 0.333. The summed E-state index contributed by atoms with van der Waals surface area (Å²) in [6.07, 6.45) is 2.50. The summed E-state index contributed by atoms with van der Waals surface area (Å²) in [5.74, 6) is 1.06. The van der Waals surface area contributed by atoms with Crippen LogP contribution in [0.3, 0.4) is 0 Å². The van der Waals surface area contributed by atoms with Gasteiger partial charge in [0.05, 0.1) is 39.9 Å². The molecule has 8 heteroatoms. The molecule has 0 radical (unpaired) electrons. The lowest BCUT2D eigenvalue weighted by molar-refractivity contribution is 0.172. The zero-order valence-electron chi connectivity index (χ0n) is 14.8. The zero-order chi connectivity index (χ0) is 17.6. The summed E-state index contributed by atoms with van der Waals surface area (Å²) in [4.78, 5) is 11.9. The fourth-order valence-electron chi connectivity index (χ4n) is 2.48. The minimum absolute atomic E-state index is 0. The number of fused-ring (bicyclic) bond motifs is 1. The Hall–Kier alpha value is -2.29. The number of aromatic nitrogens is 3. The SMILES string of the molecule is COCCCOc1ccnc(C[S@@](=O)c2nc3ccccc3[nH]2)c1C.O. The molecule has 3 rings (SSSR count). The number of methoxy groups -OCH3 is 1. The number of para-hydroxylation sites is 2. The van der Waals surface area contributed by atoms with Gasteiger partial charge in [0.1, 0.15) is 5.75 Å². The van der Waals surface area contributed by atoms with Gasteiger partial charge < -0.3 is 19.9 Å². The van der Waals surface area contributed by atoms with Crippen LogP contribution in [0.4, 0.5) is 0 Å². The quantitative estimate of drug-likeness (QED) is 0.605. The predicted molar refractivity (Wildman–Crippen MR) is 101 cm³/mol. The van der Waals surface area contributed by atoms with Gasteiger partial charge >= 0.3 is 0 Å². The predicted octanol–water partition coefficient (Wildman–Crippen LogP) is 2.16. The van der Waals surface area contributed by atoms with Crippen LogP contribution in [-0.2, 0) is 21.3 Å². The summed E-state index contributed by atoms with van der Waals surface area (Å²) < 4.78 is 23.5. The summed E-state index contributed by atoms with van der Waals surface area (Å²) in [5, 5.41) is 0.466. The first-order valence-corrected chi connectivity index (χ1v) is 9.40. The van der Waals surface area contributed by atoms with Crippen LogP contribution in [0.15, 0.2) is 41.7 Å². The number of hydrogen-bond acceptors (Lipinski definition) is 5. The number of aromatic amines is 1. The Labute approximate surface area is 154 Å². The fourth-order valence-corrected chi connectivity index (χ4v) is 3.58. The van der Waals surface area contributed by atoms with E-state index >= 15 is 0 Å². The maximum Gasteiger partial charge on any atom is 0.197 e. The van der Waals surface area contributed by atoms with E-state index in [1.165, 1.54) is 0 Å². The molecule has 7 nitrogen and oxygen atoms in total. The van der Waals surface area contributed by atoms with Crippen molar-refractivity contribution in [2.45, 2.75) is 24.3 Å². The number of rotatable bonds is 8. The molecule has 0 fully saturated rings. The molecular formula is C18H23N3O4S. The van der Waals surface area contributed by atoms with Gasteiger partial charge in [-0.25, -0.2) is 4.98 Å². The maximum absolute atomic E-state index is 12.7. The van der Waals surface area contributed by atoms with Gasteiger partial charge in [0.15, 0.2) is 5.16 Å². The average Bonchev–Trinajstić information content (AvgIpc) is 3.06. The van der Waals surface area contributed by atoms with Crippen molar-refractivity contribution in [1.82, 2.24) is 15.0 Å². The average molecular weight is 377 g/mol. The number of H-pyrrole nitrogens is 1. The molecule has 0 bridgehead atoms. The molecule has 140 valence electrons. The first-order chi connectivity index (χ1) is 12.2. The number of nitrogens with zero attached hydrogens (tertiary/aromatic N) is 2. The third kappa shape index (κ3) is 4.66. The molecule has 0 aliphatic rings. The van der Waals surface area contributed by atoms with Crippen LogP contribution >= 0.6 is 0 Å². The molecular weight excluding hydrogens is 354 g/mol. The van der Waals surface area contributed by atoms with E-state index in [1.54, 1.807) is 13.3 Å². The van der Waals surface area contributed by atoms with Crippen LogP contribution in [0.2, 0.25) is 0 Å². The Kier molecular flexibility index (Phi) is 7.26. The van der Waals surface area contributed by atoms with Gasteiger partial charge in [0.2, 0.25) is 0 Å². The topological polar surface area (TPSA) is 109 Å². The van der Waals surface area contributed by atoms with Crippen LogP contribution < -0.4 is 4.74 Å². The highest BCUT2D eigenvalue weighted by Gasteiger charge is 2.14. The minimum Gasteiger partial charge on any atom is -0.493 e. The van der Waals surface area contributed by atoms with Crippen molar-refractivity contribution in [3.63, 3.8) is 0 Å². The summed E-state index contributed by atoms with van der Waals surface area (Å²) in [6, 6.07) is 9.47. The van der Waals surface area contributed by atoms with E-state index in [-0.39, 0.29) is 5.48 Å². The van der Waals surface area contributed by atoms with E-state index in [4.69, 9.17) is 9.47 Å². The second-order valence-electron chi connectivity index (χ2n) is 5.62. The Morgan fingerprint density at radius 3 is 2.77 bits per heavy atom. The summed E-state index contributed by atoms with van der Waals surface area (Å²) in [5.41, 5.74) is 3.35. The van der Waals surface area contributed by atoms with Crippen molar-refractivity contribution < 1.29 is 19.2 Å². The Morgan fingerprint density at radius 1 is 1.19 bits per heavy atom. The van der Waals surface area contributed by atoms with Crippen molar-refractivity contribution in [3.8, 4) is 5.75 Å². The molecule has 1 aromatic carbocycles.